The maximum Gasteiger partial charge on any atom is 0.255 e. The van der Waals surface area contributed by atoms with Crippen molar-refractivity contribution >= 4 is 22.9 Å². The molecule has 3 N–H and O–H groups in total. The number of nitrogens with one attached hydrogen (secondary N) is 1. The lowest BCUT2D eigenvalue weighted by molar-refractivity contribution is -0.119. The number of carbonyl (C=O) groups is 1. The van der Waals surface area contributed by atoms with Gasteiger partial charge in [-0.25, -0.2) is 0 Å². The van der Waals surface area contributed by atoms with Crippen molar-refractivity contribution in [3.63, 3.8) is 0 Å². The molecule has 1 amide bonds. The van der Waals surface area contributed by atoms with E-state index in [4.69, 9.17) is 10.5 Å². The quantitative estimate of drug-likeness (QED) is 0.860. The van der Waals surface area contributed by atoms with Crippen molar-refractivity contribution in [2.45, 2.75) is 20.4 Å². The minimum absolute atomic E-state index is 0.0971. The molecule has 0 saturated carbocycles. The molecule has 0 radical (unpaired) electrons. The smallest absolute Gasteiger partial charge is 0.255 e. The summed E-state index contributed by atoms with van der Waals surface area (Å²) >= 11 is 1.81. The predicted octanol–water partition coefficient (Wildman–Crippen LogP) is 2.84. The second-order valence-corrected chi connectivity index (χ2v) is 6.03. The van der Waals surface area contributed by atoms with Crippen LogP contribution in [0.4, 0.5) is 5.69 Å². The van der Waals surface area contributed by atoms with Crippen molar-refractivity contribution in [2.75, 3.05) is 11.9 Å². The van der Waals surface area contributed by atoms with E-state index in [1.807, 2.05) is 35.6 Å². The average molecular weight is 290 g/mol. The Balaban J connectivity index is 1.90. The number of carbonyl (C=O) groups excluding carboxylic acids is 1. The van der Waals surface area contributed by atoms with E-state index in [1.165, 1.54) is 15.3 Å². The Morgan fingerprint density at radius 3 is 2.55 bits per heavy atom. The van der Waals surface area contributed by atoms with Gasteiger partial charge < -0.3 is 15.8 Å². The fraction of sp³-hybridized carbons (Fsp3) is 0.267. The van der Waals surface area contributed by atoms with Crippen LogP contribution in [-0.2, 0) is 11.3 Å². The monoisotopic (exact) mass is 290 g/mol. The van der Waals surface area contributed by atoms with E-state index in [1.54, 1.807) is 0 Å². The zero-order valence-electron chi connectivity index (χ0n) is 11.6. The summed E-state index contributed by atoms with van der Waals surface area (Å²) in [5, 5.41) is 3.37. The van der Waals surface area contributed by atoms with E-state index in [9.17, 15) is 4.79 Å². The third-order valence-electron chi connectivity index (χ3n) is 2.86. The normalized spacial score (nSPS) is 10.3. The van der Waals surface area contributed by atoms with Gasteiger partial charge in [0.15, 0.2) is 6.61 Å². The van der Waals surface area contributed by atoms with Gasteiger partial charge in [0.2, 0.25) is 0 Å². The lowest BCUT2D eigenvalue weighted by atomic mass is 10.2. The molecule has 2 aromatic rings. The van der Waals surface area contributed by atoms with Gasteiger partial charge >= 0.3 is 0 Å². The number of hydrogen-bond donors (Lipinski definition) is 2. The SMILES string of the molecule is Cc1cc(CNc2ccc(OCC(N)=O)cc2)c(C)s1. The summed E-state index contributed by atoms with van der Waals surface area (Å²) in [6, 6.07) is 9.68. The Morgan fingerprint density at radius 1 is 1.30 bits per heavy atom. The van der Waals surface area contributed by atoms with Crippen LogP contribution in [0.2, 0.25) is 0 Å². The molecule has 1 aromatic carbocycles. The van der Waals surface area contributed by atoms with Gasteiger partial charge in [-0.1, -0.05) is 0 Å². The Bertz CT molecular complexity index is 590. The van der Waals surface area contributed by atoms with Crippen LogP contribution in [0.25, 0.3) is 0 Å². The van der Waals surface area contributed by atoms with Crippen LogP contribution in [-0.4, -0.2) is 12.5 Å². The van der Waals surface area contributed by atoms with Gasteiger partial charge in [-0.3, -0.25) is 4.79 Å². The molecular weight excluding hydrogens is 272 g/mol. The van der Waals surface area contributed by atoms with Gasteiger partial charge in [-0.05, 0) is 49.7 Å². The number of ether oxygens (including phenoxy) is 1. The minimum atomic E-state index is -0.476. The molecule has 0 bridgehead atoms. The molecular formula is C15H18N2O2S. The Labute approximate surface area is 122 Å². The summed E-state index contributed by atoms with van der Waals surface area (Å²) in [7, 11) is 0. The van der Waals surface area contributed by atoms with Crippen molar-refractivity contribution < 1.29 is 9.53 Å². The highest BCUT2D eigenvalue weighted by Gasteiger charge is 2.03. The van der Waals surface area contributed by atoms with Gasteiger partial charge in [0.05, 0.1) is 0 Å². The number of hydrogen-bond acceptors (Lipinski definition) is 4. The molecule has 4 nitrogen and oxygen atoms in total. The summed E-state index contributed by atoms with van der Waals surface area (Å²) in [6.07, 6.45) is 0. The summed E-state index contributed by atoms with van der Waals surface area (Å²) in [5.41, 5.74) is 7.36. The number of amides is 1. The highest BCUT2D eigenvalue weighted by atomic mass is 32.1. The Kier molecular flexibility index (Phi) is 4.63. The molecule has 0 aliphatic rings. The molecule has 0 aliphatic carbocycles. The Morgan fingerprint density at radius 2 is 2.00 bits per heavy atom. The summed E-state index contributed by atoms with van der Waals surface area (Å²) in [5.74, 6) is 0.160. The molecule has 0 saturated heterocycles. The van der Waals surface area contributed by atoms with Crippen LogP contribution in [0.5, 0.6) is 5.75 Å². The number of thiophene rings is 1. The number of anilines is 1. The second-order valence-electron chi connectivity index (χ2n) is 4.57. The molecule has 5 heteroatoms. The maximum atomic E-state index is 10.6. The molecule has 106 valence electrons. The van der Waals surface area contributed by atoms with Crippen molar-refractivity contribution in [2.24, 2.45) is 5.73 Å². The topological polar surface area (TPSA) is 64.3 Å². The van der Waals surface area contributed by atoms with Crippen molar-refractivity contribution in [1.29, 1.82) is 0 Å². The number of benzene rings is 1. The van der Waals surface area contributed by atoms with Crippen LogP contribution in [0.1, 0.15) is 15.3 Å². The zero-order valence-corrected chi connectivity index (χ0v) is 12.4. The lowest BCUT2D eigenvalue weighted by Gasteiger charge is -2.08. The third-order valence-corrected chi connectivity index (χ3v) is 3.87. The highest BCUT2D eigenvalue weighted by molar-refractivity contribution is 7.12. The largest absolute Gasteiger partial charge is 0.484 e. The number of aryl methyl sites for hydroxylation is 2. The first kappa shape index (κ1) is 14.4. The molecule has 1 aromatic heterocycles. The van der Waals surface area contributed by atoms with E-state index in [0.29, 0.717) is 5.75 Å². The van der Waals surface area contributed by atoms with Crippen LogP contribution in [0.3, 0.4) is 0 Å². The highest BCUT2D eigenvalue weighted by Crippen LogP contribution is 2.22. The molecule has 0 spiro atoms. The van der Waals surface area contributed by atoms with E-state index < -0.39 is 5.91 Å². The predicted molar refractivity (Wildman–Crippen MR) is 82.3 cm³/mol. The van der Waals surface area contributed by atoms with Crippen LogP contribution < -0.4 is 15.8 Å². The number of nitrogens with two attached hydrogens (primary N) is 1. The molecule has 0 atom stereocenters. The standard InChI is InChI=1S/C15H18N2O2S/c1-10-7-12(11(2)20-10)8-17-13-3-5-14(6-4-13)19-9-15(16)18/h3-7,17H,8-9H2,1-2H3,(H2,16,18). The molecule has 0 fully saturated rings. The second kappa shape index (κ2) is 6.43. The zero-order chi connectivity index (χ0) is 14.5. The molecule has 20 heavy (non-hydrogen) atoms. The first-order valence-corrected chi connectivity index (χ1v) is 7.17. The first-order valence-electron chi connectivity index (χ1n) is 6.35. The molecule has 1 heterocycles. The minimum Gasteiger partial charge on any atom is -0.484 e. The van der Waals surface area contributed by atoms with Crippen LogP contribution in [0, 0.1) is 13.8 Å². The Hall–Kier alpha value is -2.01. The molecule has 0 aliphatic heterocycles. The third kappa shape index (κ3) is 3.99. The van der Waals surface area contributed by atoms with Crippen LogP contribution in [0.15, 0.2) is 30.3 Å². The van der Waals surface area contributed by atoms with Crippen molar-refractivity contribution in [1.82, 2.24) is 0 Å². The van der Waals surface area contributed by atoms with Gasteiger partial charge in [0.25, 0.3) is 5.91 Å². The van der Waals surface area contributed by atoms with E-state index in [2.05, 4.69) is 25.2 Å². The average Bonchev–Trinajstić information content (AvgIpc) is 2.73. The van der Waals surface area contributed by atoms with E-state index >= 15 is 0 Å². The van der Waals surface area contributed by atoms with Gasteiger partial charge in [-0.15, -0.1) is 11.3 Å². The van der Waals surface area contributed by atoms with E-state index in [-0.39, 0.29) is 6.61 Å². The van der Waals surface area contributed by atoms with Crippen molar-refractivity contribution in [3.8, 4) is 5.75 Å². The fourth-order valence-corrected chi connectivity index (χ4v) is 2.83. The molecule has 0 unspecified atom stereocenters. The van der Waals surface area contributed by atoms with Crippen molar-refractivity contribution in [3.05, 3.63) is 45.6 Å². The number of rotatable bonds is 6. The lowest BCUT2D eigenvalue weighted by Crippen LogP contribution is -2.19. The summed E-state index contributed by atoms with van der Waals surface area (Å²) in [6.45, 7) is 4.96. The summed E-state index contributed by atoms with van der Waals surface area (Å²) < 4.78 is 5.21. The first-order chi connectivity index (χ1) is 9.54. The van der Waals surface area contributed by atoms with Gasteiger partial charge in [0.1, 0.15) is 5.75 Å². The summed E-state index contributed by atoms with van der Waals surface area (Å²) in [4.78, 5) is 13.3. The number of primary amides is 1. The van der Waals surface area contributed by atoms with E-state index in [0.717, 1.165) is 12.2 Å². The van der Waals surface area contributed by atoms with Gasteiger partial charge in [-0.2, -0.15) is 0 Å². The van der Waals surface area contributed by atoms with Crippen LogP contribution >= 0.6 is 11.3 Å². The van der Waals surface area contributed by atoms with Gasteiger partial charge in [0, 0.05) is 22.0 Å². The fourth-order valence-electron chi connectivity index (χ4n) is 1.88. The maximum absolute atomic E-state index is 10.6. The molecule has 2 rings (SSSR count).